The van der Waals surface area contributed by atoms with Crippen molar-refractivity contribution in [2.24, 2.45) is 4.99 Å². The van der Waals surface area contributed by atoms with Gasteiger partial charge in [0, 0.05) is 26.2 Å². The van der Waals surface area contributed by atoms with Crippen molar-refractivity contribution in [3.05, 3.63) is 65.7 Å². The molecule has 0 saturated carbocycles. The van der Waals surface area contributed by atoms with E-state index < -0.39 is 10.0 Å². The maximum atomic E-state index is 12.6. The van der Waals surface area contributed by atoms with Gasteiger partial charge in [0.25, 0.3) is 0 Å². The van der Waals surface area contributed by atoms with Gasteiger partial charge in [-0.25, -0.2) is 13.4 Å². The zero-order valence-electron chi connectivity index (χ0n) is 17.7. The number of benzene rings is 2. The van der Waals surface area contributed by atoms with Gasteiger partial charge in [-0.3, -0.25) is 0 Å². The highest BCUT2D eigenvalue weighted by molar-refractivity contribution is 7.89. The largest absolute Gasteiger partial charge is 0.357 e. The van der Waals surface area contributed by atoms with E-state index in [9.17, 15) is 8.42 Å². The van der Waals surface area contributed by atoms with Gasteiger partial charge < -0.3 is 10.6 Å². The third-order valence-corrected chi connectivity index (χ3v) is 7.08. The molecule has 30 heavy (non-hydrogen) atoms. The third-order valence-electron chi connectivity index (χ3n) is 5.17. The van der Waals surface area contributed by atoms with Gasteiger partial charge in [0.1, 0.15) is 0 Å². The zero-order chi connectivity index (χ0) is 21.2. The molecular formula is C23H32N4O2S. The highest BCUT2D eigenvalue weighted by Crippen LogP contribution is 2.21. The van der Waals surface area contributed by atoms with E-state index in [1.54, 1.807) is 16.4 Å². The second kappa shape index (κ2) is 11.1. The Morgan fingerprint density at radius 3 is 2.33 bits per heavy atom. The van der Waals surface area contributed by atoms with Crippen molar-refractivity contribution in [2.45, 2.75) is 44.0 Å². The van der Waals surface area contributed by atoms with Crippen molar-refractivity contribution in [3.8, 4) is 0 Å². The van der Waals surface area contributed by atoms with Crippen LogP contribution in [0, 0.1) is 0 Å². The van der Waals surface area contributed by atoms with Crippen molar-refractivity contribution in [2.75, 3.05) is 26.2 Å². The molecule has 0 spiro atoms. The molecule has 1 aliphatic heterocycles. The molecule has 6 nitrogen and oxygen atoms in total. The average Bonchev–Trinajstić information content (AvgIpc) is 3.32. The lowest BCUT2D eigenvalue weighted by atomic mass is 10.1. The van der Waals surface area contributed by atoms with E-state index in [4.69, 9.17) is 0 Å². The molecule has 1 fully saturated rings. The summed E-state index contributed by atoms with van der Waals surface area (Å²) in [6.45, 7) is 5.41. The van der Waals surface area contributed by atoms with Crippen LogP contribution in [-0.2, 0) is 23.0 Å². The Kier molecular flexibility index (Phi) is 8.28. The van der Waals surface area contributed by atoms with E-state index in [0.29, 0.717) is 24.5 Å². The first-order valence-electron chi connectivity index (χ1n) is 10.7. The molecule has 0 radical (unpaired) electrons. The number of sulfonamides is 1. The topological polar surface area (TPSA) is 73.8 Å². The number of rotatable bonds is 9. The lowest BCUT2D eigenvalue weighted by molar-refractivity contribution is 0.477. The summed E-state index contributed by atoms with van der Waals surface area (Å²) in [4.78, 5) is 5.00. The second-order valence-corrected chi connectivity index (χ2v) is 9.40. The van der Waals surface area contributed by atoms with Gasteiger partial charge in [-0.15, -0.1) is 0 Å². The number of hydrogen-bond donors (Lipinski definition) is 2. The van der Waals surface area contributed by atoms with Crippen LogP contribution in [-0.4, -0.2) is 44.9 Å². The smallest absolute Gasteiger partial charge is 0.243 e. The van der Waals surface area contributed by atoms with Crippen LogP contribution >= 0.6 is 0 Å². The minimum Gasteiger partial charge on any atom is -0.357 e. The normalized spacial score (nSPS) is 15.3. The molecule has 162 valence electrons. The van der Waals surface area contributed by atoms with Crippen LogP contribution in [0.15, 0.2) is 64.5 Å². The van der Waals surface area contributed by atoms with Crippen LogP contribution in [0.2, 0.25) is 0 Å². The van der Waals surface area contributed by atoms with Crippen LogP contribution in [0.3, 0.4) is 0 Å². The van der Waals surface area contributed by atoms with Crippen LogP contribution in [0.5, 0.6) is 0 Å². The summed E-state index contributed by atoms with van der Waals surface area (Å²) in [7, 11) is -3.36. The predicted molar refractivity (Wildman–Crippen MR) is 122 cm³/mol. The number of aliphatic imine (C=N–C) groups is 1. The monoisotopic (exact) mass is 428 g/mol. The van der Waals surface area contributed by atoms with Crippen LogP contribution in [0.25, 0.3) is 0 Å². The maximum absolute atomic E-state index is 12.6. The Balaban J connectivity index is 1.52. The summed E-state index contributed by atoms with van der Waals surface area (Å²) >= 11 is 0. The van der Waals surface area contributed by atoms with Gasteiger partial charge in [-0.1, -0.05) is 42.5 Å². The number of guanidine groups is 1. The number of nitrogens with zero attached hydrogens (tertiary/aromatic N) is 2. The van der Waals surface area contributed by atoms with Crippen LogP contribution in [0.4, 0.5) is 0 Å². The van der Waals surface area contributed by atoms with Gasteiger partial charge >= 0.3 is 0 Å². The van der Waals surface area contributed by atoms with E-state index in [0.717, 1.165) is 50.3 Å². The fraction of sp³-hybridized carbons (Fsp3) is 0.435. The molecule has 1 aliphatic rings. The molecule has 7 heteroatoms. The number of nitrogens with one attached hydrogen (secondary N) is 2. The minimum absolute atomic E-state index is 0.364. The Morgan fingerprint density at radius 1 is 0.967 bits per heavy atom. The third kappa shape index (κ3) is 6.31. The van der Waals surface area contributed by atoms with Crippen molar-refractivity contribution < 1.29 is 8.42 Å². The van der Waals surface area contributed by atoms with Gasteiger partial charge in [-0.05, 0) is 55.9 Å². The molecule has 1 saturated heterocycles. The summed E-state index contributed by atoms with van der Waals surface area (Å²) in [5, 5.41) is 6.63. The summed E-state index contributed by atoms with van der Waals surface area (Å²) < 4.78 is 26.8. The van der Waals surface area contributed by atoms with Gasteiger partial charge in [0.05, 0.1) is 11.4 Å². The molecule has 0 aliphatic carbocycles. The lowest BCUT2D eigenvalue weighted by Crippen LogP contribution is -2.37. The van der Waals surface area contributed by atoms with E-state index >= 15 is 0 Å². The van der Waals surface area contributed by atoms with E-state index in [2.05, 4.69) is 39.9 Å². The molecule has 3 rings (SSSR count). The lowest BCUT2D eigenvalue weighted by Gasteiger charge is -2.15. The molecular weight excluding hydrogens is 396 g/mol. The minimum atomic E-state index is -3.36. The van der Waals surface area contributed by atoms with Crippen molar-refractivity contribution >= 4 is 16.0 Å². The predicted octanol–water partition coefficient (Wildman–Crippen LogP) is 3.16. The van der Waals surface area contributed by atoms with E-state index in [1.807, 2.05) is 25.1 Å². The molecule has 2 aromatic rings. The van der Waals surface area contributed by atoms with Crippen molar-refractivity contribution in [3.63, 3.8) is 0 Å². The molecule has 2 N–H and O–H groups in total. The summed E-state index contributed by atoms with van der Waals surface area (Å²) in [5.41, 5.74) is 2.32. The SMILES string of the molecule is CCNC(=NCc1ccc(S(=O)(=O)N2CCCC2)cc1)NCCCc1ccccc1. The molecule has 1 heterocycles. The van der Waals surface area contributed by atoms with Gasteiger partial charge in [0.2, 0.25) is 10.0 Å². The van der Waals surface area contributed by atoms with E-state index in [1.165, 1.54) is 5.56 Å². The fourth-order valence-electron chi connectivity index (χ4n) is 3.50. The summed E-state index contributed by atoms with van der Waals surface area (Å²) in [6.07, 6.45) is 3.94. The highest BCUT2D eigenvalue weighted by Gasteiger charge is 2.26. The average molecular weight is 429 g/mol. The molecule has 0 unspecified atom stereocenters. The fourth-order valence-corrected chi connectivity index (χ4v) is 5.02. The number of aryl methyl sites for hydroxylation is 1. The molecule has 0 bridgehead atoms. The highest BCUT2D eigenvalue weighted by atomic mass is 32.2. The first-order chi connectivity index (χ1) is 14.6. The Bertz CT molecular complexity index is 906. The Morgan fingerprint density at radius 2 is 1.67 bits per heavy atom. The number of hydrogen-bond acceptors (Lipinski definition) is 3. The molecule has 0 atom stereocenters. The standard InChI is InChI=1S/C23H32N4O2S/c1-2-24-23(25-16-8-11-20-9-4-3-5-10-20)26-19-21-12-14-22(15-13-21)30(28,29)27-17-6-7-18-27/h3-5,9-10,12-15H,2,6-8,11,16-19H2,1H3,(H2,24,25,26). The Labute approximate surface area is 180 Å². The van der Waals surface area contributed by atoms with E-state index in [-0.39, 0.29) is 0 Å². The first-order valence-corrected chi connectivity index (χ1v) is 12.2. The van der Waals surface area contributed by atoms with Crippen LogP contribution in [0.1, 0.15) is 37.3 Å². The maximum Gasteiger partial charge on any atom is 0.243 e. The summed E-state index contributed by atoms with van der Waals surface area (Å²) in [6, 6.07) is 17.5. The van der Waals surface area contributed by atoms with Crippen molar-refractivity contribution in [1.29, 1.82) is 0 Å². The molecule has 2 aromatic carbocycles. The summed E-state index contributed by atoms with van der Waals surface area (Å²) in [5.74, 6) is 0.777. The van der Waals surface area contributed by atoms with Crippen LogP contribution < -0.4 is 10.6 Å². The Hall–Kier alpha value is -2.38. The van der Waals surface area contributed by atoms with Gasteiger partial charge in [-0.2, -0.15) is 4.31 Å². The zero-order valence-corrected chi connectivity index (χ0v) is 18.5. The van der Waals surface area contributed by atoms with Gasteiger partial charge in [0.15, 0.2) is 5.96 Å². The molecule has 0 amide bonds. The second-order valence-electron chi connectivity index (χ2n) is 7.47. The quantitative estimate of drug-likeness (QED) is 0.366. The first kappa shape index (κ1) is 22.3. The van der Waals surface area contributed by atoms with Crippen molar-refractivity contribution in [1.82, 2.24) is 14.9 Å². The molecule has 0 aromatic heterocycles.